The first-order chi connectivity index (χ1) is 7.93. The number of carbonyl (C=O) groups excluding carboxylic acids is 2. The van der Waals surface area contributed by atoms with Crippen molar-refractivity contribution in [1.29, 1.82) is 0 Å². The van der Waals surface area contributed by atoms with E-state index in [1.807, 2.05) is 0 Å². The number of fused-ring (bicyclic) bond motifs is 1. The maximum atomic E-state index is 11.7. The van der Waals surface area contributed by atoms with Gasteiger partial charge in [0.25, 0.3) is 5.91 Å². The summed E-state index contributed by atoms with van der Waals surface area (Å²) in [5, 5.41) is 11.2. The van der Waals surface area contributed by atoms with Crippen LogP contribution in [0.25, 0.3) is 0 Å². The van der Waals surface area contributed by atoms with Crippen LogP contribution in [0.2, 0.25) is 0 Å². The quantitative estimate of drug-likeness (QED) is 0.690. The third kappa shape index (κ3) is 1.89. The molecule has 2 aliphatic heterocycles. The summed E-state index contributed by atoms with van der Waals surface area (Å²) in [6, 6.07) is -0.656. The summed E-state index contributed by atoms with van der Waals surface area (Å²) in [6.07, 6.45) is 0. The van der Waals surface area contributed by atoms with Gasteiger partial charge < -0.3 is 10.4 Å². The highest BCUT2D eigenvalue weighted by Gasteiger charge is 2.53. The first kappa shape index (κ1) is 12.3. The molecule has 8 heteroatoms. The molecule has 17 heavy (non-hydrogen) atoms. The molecule has 1 fully saturated rings. The highest BCUT2D eigenvalue weighted by molar-refractivity contribution is 8.00. The van der Waals surface area contributed by atoms with Gasteiger partial charge in [-0.25, -0.2) is 4.79 Å². The molecule has 2 N–H and O–H groups in total. The van der Waals surface area contributed by atoms with Crippen molar-refractivity contribution in [1.82, 2.24) is 10.2 Å². The van der Waals surface area contributed by atoms with E-state index < -0.39 is 17.9 Å². The zero-order valence-corrected chi connectivity index (χ0v) is 10.3. The number of thioether (sulfide) groups is 1. The minimum absolute atomic E-state index is 0.147. The topological polar surface area (TPSA) is 86.7 Å². The lowest BCUT2D eigenvalue weighted by atomic mass is 10.1. The number of carboxylic acid groups (broad SMARTS) is 1. The van der Waals surface area contributed by atoms with Gasteiger partial charge in [-0.05, 0) is 0 Å². The average molecular weight is 277 g/mol. The van der Waals surface area contributed by atoms with E-state index in [0.717, 1.165) is 4.90 Å². The third-order valence-corrected chi connectivity index (χ3v) is 4.23. The number of carboxylic acids is 1. The summed E-state index contributed by atoms with van der Waals surface area (Å²) in [5.41, 5.74) is -0.179. The smallest absolute Gasteiger partial charge is 0.353 e. The lowest BCUT2D eigenvalue weighted by Gasteiger charge is -2.48. The maximum absolute atomic E-state index is 11.7. The number of rotatable bonds is 2. The van der Waals surface area contributed by atoms with Crippen LogP contribution in [0.3, 0.4) is 0 Å². The van der Waals surface area contributed by atoms with Crippen molar-refractivity contribution in [2.45, 2.75) is 18.3 Å². The lowest BCUT2D eigenvalue weighted by Crippen LogP contribution is -2.70. The Kier molecular flexibility index (Phi) is 3.05. The third-order valence-electron chi connectivity index (χ3n) is 2.48. The Hall–Kier alpha value is -1.21. The van der Waals surface area contributed by atoms with Gasteiger partial charge in [-0.15, -0.1) is 11.8 Å². The van der Waals surface area contributed by atoms with E-state index >= 15 is 0 Å². The van der Waals surface area contributed by atoms with Crippen molar-refractivity contribution < 1.29 is 19.5 Å². The number of aliphatic carboxylic acids is 1. The highest BCUT2D eigenvalue weighted by atomic mass is 35.5. The standard InChI is InChI=1S/C9H9ClN2O4S/c1-3(13)11-5-7(14)12-6(9(15)16)4(10)2-17-8(5)12/h5,8H,2H2,1H3,(H,11,13)(H,15,16)/t5?,8-/m1/s1. The second-order valence-electron chi connectivity index (χ2n) is 3.65. The molecule has 1 unspecified atom stereocenters. The molecule has 2 atom stereocenters. The molecule has 0 saturated carbocycles. The summed E-state index contributed by atoms with van der Waals surface area (Å²) in [7, 11) is 0. The molecular formula is C9H9ClN2O4S. The normalized spacial score (nSPS) is 27.4. The molecule has 1 saturated heterocycles. The van der Waals surface area contributed by atoms with Crippen LogP contribution in [0.1, 0.15) is 6.92 Å². The minimum Gasteiger partial charge on any atom is -0.477 e. The van der Waals surface area contributed by atoms with E-state index in [1.165, 1.54) is 18.7 Å². The van der Waals surface area contributed by atoms with Gasteiger partial charge in [0.1, 0.15) is 17.1 Å². The van der Waals surface area contributed by atoms with E-state index in [9.17, 15) is 14.4 Å². The Morgan fingerprint density at radius 1 is 1.59 bits per heavy atom. The van der Waals surface area contributed by atoms with Crippen molar-refractivity contribution in [3.8, 4) is 0 Å². The summed E-state index contributed by atoms with van der Waals surface area (Å²) >= 11 is 7.12. The molecular weight excluding hydrogens is 268 g/mol. The molecule has 2 rings (SSSR count). The van der Waals surface area contributed by atoms with Crippen LogP contribution >= 0.6 is 23.4 Å². The molecule has 0 radical (unpaired) electrons. The van der Waals surface area contributed by atoms with Gasteiger partial charge in [0, 0.05) is 12.7 Å². The largest absolute Gasteiger partial charge is 0.477 e. The second-order valence-corrected chi connectivity index (χ2v) is 5.21. The van der Waals surface area contributed by atoms with E-state index in [4.69, 9.17) is 16.7 Å². The number of halogens is 1. The fraction of sp³-hybridized carbons (Fsp3) is 0.444. The highest BCUT2D eigenvalue weighted by Crippen LogP contribution is 2.41. The van der Waals surface area contributed by atoms with Gasteiger partial charge in [-0.2, -0.15) is 0 Å². The molecule has 2 aliphatic rings. The summed E-state index contributed by atoms with van der Waals surface area (Å²) in [4.78, 5) is 34.8. The van der Waals surface area contributed by atoms with Gasteiger partial charge in [0.15, 0.2) is 0 Å². The van der Waals surface area contributed by atoms with Crippen molar-refractivity contribution >= 4 is 41.1 Å². The minimum atomic E-state index is -1.23. The zero-order valence-electron chi connectivity index (χ0n) is 8.77. The van der Waals surface area contributed by atoms with E-state index in [1.54, 1.807) is 0 Å². The van der Waals surface area contributed by atoms with Crippen LogP contribution in [0.5, 0.6) is 0 Å². The van der Waals surface area contributed by atoms with Gasteiger partial charge in [0.05, 0.1) is 5.03 Å². The number of hydrogen-bond acceptors (Lipinski definition) is 4. The summed E-state index contributed by atoms with van der Waals surface area (Å²) in [6.45, 7) is 1.31. The van der Waals surface area contributed by atoms with Crippen molar-refractivity contribution in [2.75, 3.05) is 5.75 Å². The number of nitrogens with zero attached hydrogens (tertiary/aromatic N) is 1. The first-order valence-corrected chi connectivity index (χ1v) is 6.20. The van der Waals surface area contributed by atoms with E-state index in [-0.39, 0.29) is 22.0 Å². The van der Waals surface area contributed by atoms with E-state index in [2.05, 4.69) is 5.32 Å². The van der Waals surface area contributed by atoms with Crippen LogP contribution in [-0.4, -0.2) is 45.0 Å². The molecule has 2 heterocycles. The van der Waals surface area contributed by atoms with Crippen molar-refractivity contribution in [3.05, 3.63) is 10.7 Å². The molecule has 0 aliphatic carbocycles. The van der Waals surface area contributed by atoms with Crippen LogP contribution < -0.4 is 5.32 Å². The molecule has 92 valence electrons. The van der Waals surface area contributed by atoms with Crippen LogP contribution in [0, 0.1) is 0 Å². The molecule has 2 amide bonds. The number of amides is 2. The molecule has 0 aromatic rings. The van der Waals surface area contributed by atoms with Gasteiger partial charge >= 0.3 is 5.97 Å². The van der Waals surface area contributed by atoms with Gasteiger partial charge in [-0.1, -0.05) is 11.6 Å². The Labute approximate surface area is 106 Å². The van der Waals surface area contributed by atoms with Gasteiger partial charge in [-0.3, -0.25) is 14.5 Å². The van der Waals surface area contributed by atoms with E-state index in [0.29, 0.717) is 5.75 Å². The number of β-lactam (4-membered cyclic amide) rings is 1. The number of carbonyl (C=O) groups is 3. The molecule has 0 spiro atoms. The monoisotopic (exact) mass is 276 g/mol. The Bertz CT molecular complexity index is 450. The second kappa shape index (κ2) is 4.23. The van der Waals surface area contributed by atoms with Crippen molar-refractivity contribution in [3.63, 3.8) is 0 Å². The van der Waals surface area contributed by atoms with Crippen LogP contribution in [0.4, 0.5) is 0 Å². The van der Waals surface area contributed by atoms with Crippen LogP contribution in [0.15, 0.2) is 10.7 Å². The molecule has 6 nitrogen and oxygen atoms in total. The Balaban J connectivity index is 2.24. The van der Waals surface area contributed by atoms with Gasteiger partial charge in [0.2, 0.25) is 5.91 Å². The zero-order chi connectivity index (χ0) is 12.7. The predicted molar refractivity (Wildman–Crippen MR) is 61.2 cm³/mol. The summed E-state index contributed by atoms with van der Waals surface area (Å²) < 4.78 is 0. The number of nitrogens with one attached hydrogen (secondary N) is 1. The molecule has 0 aromatic carbocycles. The fourth-order valence-corrected chi connectivity index (χ4v) is 3.35. The average Bonchev–Trinajstić information content (AvgIpc) is 2.24. The lowest BCUT2D eigenvalue weighted by molar-refractivity contribution is -0.150. The fourth-order valence-electron chi connectivity index (χ4n) is 1.80. The Morgan fingerprint density at radius 3 is 2.76 bits per heavy atom. The SMILES string of the molecule is CC(=O)NC1C(=O)N2C(C(=O)O)=C(Cl)CS[C@H]12. The first-order valence-electron chi connectivity index (χ1n) is 4.77. The predicted octanol–water partition coefficient (Wildman–Crippen LogP) is -0.0588. The molecule has 0 bridgehead atoms. The number of hydrogen-bond donors (Lipinski definition) is 2. The van der Waals surface area contributed by atoms with Crippen LogP contribution in [-0.2, 0) is 14.4 Å². The Morgan fingerprint density at radius 2 is 2.24 bits per heavy atom. The summed E-state index contributed by atoms with van der Waals surface area (Å²) in [5.74, 6) is -1.66. The molecule has 0 aromatic heterocycles. The maximum Gasteiger partial charge on any atom is 0.353 e. The van der Waals surface area contributed by atoms with Crippen molar-refractivity contribution in [2.24, 2.45) is 0 Å².